The van der Waals surface area contributed by atoms with E-state index in [0.29, 0.717) is 30.1 Å². The Morgan fingerprint density at radius 2 is 1.97 bits per heavy atom. The molecule has 13 nitrogen and oxygen atoms in total. The second-order valence-corrected chi connectivity index (χ2v) is 9.70. The smallest absolute Gasteiger partial charge is 0.350 e. The molecular formula is C17H25ClN5O8P. The number of ether oxygens (including phenoxy) is 3. The average molecular weight is 494 g/mol. The van der Waals surface area contributed by atoms with Crippen LogP contribution in [0.5, 0.6) is 0 Å². The zero-order chi connectivity index (χ0) is 23.0. The summed E-state index contributed by atoms with van der Waals surface area (Å²) in [6.45, 7) is 1.09. The van der Waals surface area contributed by atoms with Gasteiger partial charge in [0.25, 0.3) is 0 Å². The Morgan fingerprint density at radius 1 is 1.25 bits per heavy atom. The zero-order valence-electron chi connectivity index (χ0n) is 17.2. The van der Waals surface area contributed by atoms with E-state index in [4.69, 9.17) is 35.6 Å². The van der Waals surface area contributed by atoms with Gasteiger partial charge in [0.05, 0.1) is 19.0 Å². The van der Waals surface area contributed by atoms with E-state index >= 15 is 0 Å². The van der Waals surface area contributed by atoms with Crippen molar-refractivity contribution in [1.82, 2.24) is 19.5 Å². The molecule has 2 saturated heterocycles. The lowest BCUT2D eigenvalue weighted by Gasteiger charge is -2.32. The Morgan fingerprint density at radius 3 is 2.62 bits per heavy atom. The minimum Gasteiger partial charge on any atom is -0.387 e. The molecule has 2 aromatic rings. The third-order valence-electron chi connectivity index (χ3n) is 5.60. The molecule has 0 saturated carbocycles. The molecule has 0 unspecified atom stereocenters. The monoisotopic (exact) mass is 493 g/mol. The molecule has 0 aliphatic carbocycles. The van der Waals surface area contributed by atoms with Gasteiger partial charge >= 0.3 is 7.60 Å². The van der Waals surface area contributed by atoms with Crippen LogP contribution in [0.1, 0.15) is 19.1 Å². The van der Waals surface area contributed by atoms with Crippen LogP contribution in [0.4, 0.5) is 5.82 Å². The topological polar surface area (TPSA) is 173 Å². The van der Waals surface area contributed by atoms with Crippen molar-refractivity contribution in [3.05, 3.63) is 11.6 Å². The molecule has 4 N–H and O–H groups in total. The van der Waals surface area contributed by atoms with Crippen LogP contribution < -0.4 is 4.90 Å². The van der Waals surface area contributed by atoms with E-state index in [-0.39, 0.29) is 18.0 Å². The number of methoxy groups -OCH3 is 1. The number of hydrogen-bond donors (Lipinski definition) is 4. The van der Waals surface area contributed by atoms with Gasteiger partial charge in [0, 0.05) is 20.2 Å². The maximum absolute atomic E-state index is 10.9. The SMILES string of the molecule is COC1CCN(c2nc(Cl)nc3c2ncn3[C@@H]2O[C@H](COCP(=O)(O)O)[C@@H](O)[C@H]2O)CC1. The molecule has 178 valence electrons. The molecule has 32 heavy (non-hydrogen) atoms. The van der Waals surface area contributed by atoms with Crippen LogP contribution in [0.15, 0.2) is 6.33 Å². The maximum Gasteiger partial charge on any atom is 0.350 e. The Balaban J connectivity index is 1.56. The summed E-state index contributed by atoms with van der Waals surface area (Å²) in [4.78, 5) is 32.8. The Bertz CT molecular complexity index is 997. The number of imidazole rings is 1. The van der Waals surface area contributed by atoms with Crippen LogP contribution in [0.2, 0.25) is 5.28 Å². The number of halogens is 1. The fourth-order valence-electron chi connectivity index (χ4n) is 3.97. The first-order chi connectivity index (χ1) is 15.2. The number of anilines is 1. The summed E-state index contributed by atoms with van der Waals surface area (Å²) in [5.74, 6) is 0.558. The lowest BCUT2D eigenvalue weighted by atomic mass is 10.1. The third-order valence-corrected chi connectivity index (χ3v) is 6.29. The molecule has 2 aliphatic rings. The lowest BCUT2D eigenvalue weighted by molar-refractivity contribution is -0.0612. The molecule has 0 spiro atoms. The van der Waals surface area contributed by atoms with Gasteiger partial charge in [-0.05, 0) is 24.4 Å². The Kier molecular flexibility index (Phi) is 7.01. The van der Waals surface area contributed by atoms with E-state index in [1.165, 1.54) is 10.9 Å². The number of rotatable bonds is 7. The van der Waals surface area contributed by atoms with Gasteiger partial charge in [-0.25, -0.2) is 4.98 Å². The largest absolute Gasteiger partial charge is 0.387 e. The quantitative estimate of drug-likeness (QED) is 0.297. The van der Waals surface area contributed by atoms with Crippen LogP contribution in [0, 0.1) is 0 Å². The molecule has 15 heteroatoms. The summed E-state index contributed by atoms with van der Waals surface area (Å²) in [7, 11) is -2.68. The Hall–Kier alpha value is -1.41. The minimum absolute atomic E-state index is 0.00215. The molecular weight excluding hydrogens is 469 g/mol. The molecule has 2 fully saturated rings. The molecule has 0 radical (unpaired) electrons. The maximum atomic E-state index is 10.9. The molecule has 0 aromatic carbocycles. The number of aliphatic hydroxyl groups excluding tert-OH is 2. The predicted octanol–water partition coefficient (Wildman–Crippen LogP) is -0.134. The molecule has 4 rings (SSSR count). The fourth-order valence-corrected chi connectivity index (χ4v) is 4.47. The predicted molar refractivity (Wildman–Crippen MR) is 111 cm³/mol. The third kappa shape index (κ3) is 4.91. The van der Waals surface area contributed by atoms with Gasteiger partial charge in [0.1, 0.15) is 24.7 Å². The van der Waals surface area contributed by atoms with Gasteiger partial charge in [-0.3, -0.25) is 9.13 Å². The highest BCUT2D eigenvalue weighted by Crippen LogP contribution is 2.36. The molecule has 4 heterocycles. The molecule has 0 bridgehead atoms. The van der Waals surface area contributed by atoms with Gasteiger partial charge in [-0.15, -0.1) is 0 Å². The first kappa shape index (κ1) is 23.7. The first-order valence-electron chi connectivity index (χ1n) is 9.99. The summed E-state index contributed by atoms with van der Waals surface area (Å²) < 4.78 is 28.5. The molecule has 0 amide bonds. The highest BCUT2D eigenvalue weighted by atomic mass is 35.5. The summed E-state index contributed by atoms with van der Waals surface area (Å²) in [6.07, 6.45) is -2.34. The number of hydrogen-bond acceptors (Lipinski definition) is 10. The fraction of sp³-hybridized carbons (Fsp3) is 0.706. The number of piperidine rings is 1. The summed E-state index contributed by atoms with van der Waals surface area (Å²) >= 11 is 6.18. The van der Waals surface area contributed by atoms with Crippen LogP contribution >= 0.6 is 19.2 Å². The minimum atomic E-state index is -4.37. The van der Waals surface area contributed by atoms with E-state index in [9.17, 15) is 14.8 Å². The van der Waals surface area contributed by atoms with E-state index in [0.717, 1.165) is 12.8 Å². The standard InChI is InChI=1S/C17H25ClN5O8P/c1-29-9-2-4-22(5-3-9)14-11-15(21-17(18)20-14)23(7-19-11)16-13(25)12(24)10(31-16)6-30-8-32(26,27)28/h7,9-10,12-13,16,24-25H,2-6,8H2,1H3,(H2,26,27,28)/t10-,12-,13-,16-/m1/s1. The summed E-state index contributed by atoms with van der Waals surface area (Å²) in [5, 5.41) is 20.9. The van der Waals surface area contributed by atoms with E-state index < -0.39 is 38.5 Å². The number of nitrogens with zero attached hydrogens (tertiary/aromatic N) is 5. The van der Waals surface area contributed by atoms with E-state index in [1.54, 1.807) is 7.11 Å². The zero-order valence-corrected chi connectivity index (χ0v) is 18.8. The summed E-state index contributed by atoms with van der Waals surface area (Å²) in [6, 6.07) is 0. The second-order valence-electron chi connectivity index (χ2n) is 7.77. The number of fused-ring (bicyclic) bond motifs is 1. The van der Waals surface area contributed by atoms with Crippen molar-refractivity contribution >= 4 is 36.2 Å². The van der Waals surface area contributed by atoms with Crippen molar-refractivity contribution in [2.75, 3.05) is 38.1 Å². The Labute approximate surface area is 188 Å². The normalized spacial score (nSPS) is 27.5. The van der Waals surface area contributed by atoms with Crippen molar-refractivity contribution in [2.24, 2.45) is 0 Å². The van der Waals surface area contributed by atoms with Crippen molar-refractivity contribution in [3.63, 3.8) is 0 Å². The van der Waals surface area contributed by atoms with Crippen LogP contribution in [0.3, 0.4) is 0 Å². The van der Waals surface area contributed by atoms with Crippen molar-refractivity contribution < 1.29 is 38.8 Å². The highest BCUT2D eigenvalue weighted by Gasteiger charge is 2.44. The highest BCUT2D eigenvalue weighted by molar-refractivity contribution is 7.51. The lowest BCUT2D eigenvalue weighted by Crippen LogP contribution is -2.37. The van der Waals surface area contributed by atoms with E-state index in [2.05, 4.69) is 15.0 Å². The van der Waals surface area contributed by atoms with Gasteiger partial charge < -0.3 is 39.1 Å². The van der Waals surface area contributed by atoms with Gasteiger partial charge in [-0.1, -0.05) is 0 Å². The number of aliphatic hydroxyl groups is 2. The second kappa shape index (κ2) is 9.45. The number of aromatic nitrogens is 4. The van der Waals surface area contributed by atoms with Crippen LogP contribution in [-0.2, 0) is 18.8 Å². The summed E-state index contributed by atoms with van der Waals surface area (Å²) in [5.41, 5.74) is 0.790. The average Bonchev–Trinajstić information content (AvgIpc) is 3.28. The van der Waals surface area contributed by atoms with E-state index in [1.807, 2.05) is 4.90 Å². The first-order valence-corrected chi connectivity index (χ1v) is 12.2. The van der Waals surface area contributed by atoms with Gasteiger partial charge in [0.2, 0.25) is 5.28 Å². The molecule has 2 aliphatic heterocycles. The van der Waals surface area contributed by atoms with Gasteiger partial charge in [0.15, 0.2) is 23.2 Å². The van der Waals surface area contributed by atoms with Crippen molar-refractivity contribution in [1.29, 1.82) is 0 Å². The van der Waals surface area contributed by atoms with Gasteiger partial charge in [-0.2, -0.15) is 9.97 Å². The molecule has 4 atom stereocenters. The van der Waals surface area contributed by atoms with Crippen molar-refractivity contribution in [3.8, 4) is 0 Å². The molecule has 2 aromatic heterocycles. The van der Waals surface area contributed by atoms with Crippen molar-refractivity contribution in [2.45, 2.75) is 43.5 Å². The van der Waals surface area contributed by atoms with Crippen LogP contribution in [-0.4, -0.2) is 97.1 Å². The van der Waals surface area contributed by atoms with Crippen LogP contribution in [0.25, 0.3) is 11.2 Å².